The average molecular weight is 560 g/mol. The summed E-state index contributed by atoms with van der Waals surface area (Å²) in [4.78, 5) is 17.3. The van der Waals surface area contributed by atoms with Crippen molar-refractivity contribution in [3.05, 3.63) is 80.8 Å². The first-order valence-electron chi connectivity index (χ1n) is 10.2. The monoisotopic (exact) mass is 558 g/mol. The highest BCUT2D eigenvalue weighted by Crippen LogP contribution is 2.30. The molecule has 0 atom stereocenters. The van der Waals surface area contributed by atoms with Gasteiger partial charge in [0, 0.05) is 28.0 Å². The zero-order valence-electron chi connectivity index (χ0n) is 17.8. The fourth-order valence-corrected chi connectivity index (χ4v) is 4.61. The zero-order valence-corrected chi connectivity index (χ0v) is 20.9. The van der Waals surface area contributed by atoms with Gasteiger partial charge in [-0.2, -0.15) is 10.2 Å². The van der Waals surface area contributed by atoms with Crippen LogP contribution in [0.4, 0.5) is 5.82 Å². The Bertz CT molecular complexity index is 1510. The zero-order chi connectivity index (χ0) is 23.8. The number of benzene rings is 1. The first-order valence-corrected chi connectivity index (χ1v) is 11.8. The Hall–Kier alpha value is -3.14. The van der Waals surface area contributed by atoms with Gasteiger partial charge in [-0.25, -0.2) is 9.67 Å². The standard InChI is InChI=1S/C23H17BrCl2N6O2/c1-13-21-16(19-3-2-8-34-19)6-7-27-23(21)32(29-13)12-20(33)28-22-17(24)11-31(30-22)10-14-4-5-15(25)9-18(14)26/h2-9,11H,10,12H2,1H3,(H,28,30,33). The van der Waals surface area contributed by atoms with Gasteiger partial charge in [0.1, 0.15) is 12.3 Å². The van der Waals surface area contributed by atoms with Crippen molar-refractivity contribution in [3.63, 3.8) is 0 Å². The Kier molecular flexibility index (Phi) is 6.16. The fourth-order valence-electron chi connectivity index (χ4n) is 3.72. The Labute approximate surface area is 212 Å². The summed E-state index contributed by atoms with van der Waals surface area (Å²) < 4.78 is 9.45. The minimum Gasteiger partial charge on any atom is -0.464 e. The molecule has 4 aromatic heterocycles. The second-order valence-electron chi connectivity index (χ2n) is 7.58. The molecule has 1 N–H and O–H groups in total. The number of amides is 1. The van der Waals surface area contributed by atoms with Crippen molar-refractivity contribution < 1.29 is 9.21 Å². The van der Waals surface area contributed by atoms with Gasteiger partial charge in [0.05, 0.1) is 28.4 Å². The number of nitrogens with one attached hydrogen (secondary N) is 1. The number of hydrogen-bond donors (Lipinski definition) is 1. The van der Waals surface area contributed by atoms with E-state index in [0.29, 0.717) is 32.5 Å². The highest BCUT2D eigenvalue weighted by atomic mass is 79.9. The Morgan fingerprint density at radius 3 is 2.82 bits per heavy atom. The molecule has 0 aliphatic heterocycles. The molecule has 1 amide bonds. The van der Waals surface area contributed by atoms with E-state index in [1.54, 1.807) is 40.2 Å². The predicted molar refractivity (Wildman–Crippen MR) is 134 cm³/mol. The number of aromatic nitrogens is 5. The molecule has 172 valence electrons. The lowest BCUT2D eigenvalue weighted by Crippen LogP contribution is -2.20. The molecule has 0 aliphatic carbocycles. The van der Waals surface area contributed by atoms with Gasteiger partial charge in [-0.1, -0.05) is 29.3 Å². The maximum absolute atomic E-state index is 12.8. The van der Waals surface area contributed by atoms with Crippen LogP contribution in [0.15, 0.2) is 63.9 Å². The lowest BCUT2D eigenvalue weighted by molar-refractivity contribution is -0.116. The van der Waals surface area contributed by atoms with Gasteiger partial charge < -0.3 is 9.73 Å². The maximum Gasteiger partial charge on any atom is 0.247 e. The van der Waals surface area contributed by atoms with Gasteiger partial charge in [-0.3, -0.25) is 9.48 Å². The lowest BCUT2D eigenvalue weighted by Gasteiger charge is -2.06. The molecule has 0 saturated heterocycles. The maximum atomic E-state index is 12.8. The second-order valence-corrected chi connectivity index (χ2v) is 9.28. The van der Waals surface area contributed by atoms with Crippen molar-refractivity contribution in [2.75, 3.05) is 5.32 Å². The van der Waals surface area contributed by atoms with Gasteiger partial charge >= 0.3 is 0 Å². The average Bonchev–Trinajstić information content (AvgIpc) is 3.51. The normalized spacial score (nSPS) is 11.3. The lowest BCUT2D eigenvalue weighted by atomic mass is 10.1. The molecule has 1 aromatic carbocycles. The second kappa shape index (κ2) is 9.25. The van der Waals surface area contributed by atoms with E-state index in [1.165, 1.54) is 0 Å². The van der Waals surface area contributed by atoms with Crippen LogP contribution in [0.25, 0.3) is 22.4 Å². The fraction of sp³-hybridized carbons (Fsp3) is 0.130. The summed E-state index contributed by atoms with van der Waals surface area (Å²) in [6.07, 6.45) is 5.06. The molecule has 4 heterocycles. The van der Waals surface area contributed by atoms with Gasteiger partial charge in [0.2, 0.25) is 5.91 Å². The number of aryl methyl sites for hydroxylation is 1. The third-order valence-corrected chi connectivity index (χ3v) is 6.38. The molecule has 0 saturated carbocycles. The highest BCUT2D eigenvalue weighted by Gasteiger charge is 2.18. The molecule has 0 radical (unpaired) electrons. The number of fused-ring (bicyclic) bond motifs is 1. The van der Waals surface area contributed by atoms with Gasteiger partial charge in [0.25, 0.3) is 0 Å². The van der Waals surface area contributed by atoms with Crippen molar-refractivity contribution in [3.8, 4) is 11.3 Å². The van der Waals surface area contributed by atoms with E-state index in [9.17, 15) is 4.79 Å². The Morgan fingerprint density at radius 2 is 2.06 bits per heavy atom. The predicted octanol–water partition coefficient (Wildman–Crippen LogP) is 5.95. The van der Waals surface area contributed by atoms with Crippen LogP contribution in [0.5, 0.6) is 0 Å². The number of carbonyl (C=O) groups is 1. The molecular weight excluding hydrogens is 543 g/mol. The van der Waals surface area contributed by atoms with Crippen molar-refractivity contribution in [1.29, 1.82) is 0 Å². The largest absolute Gasteiger partial charge is 0.464 e. The SMILES string of the molecule is Cc1nn(CC(=O)Nc2nn(Cc3ccc(Cl)cc3Cl)cc2Br)c2nccc(-c3ccco3)c12. The topological polar surface area (TPSA) is 90.8 Å². The molecule has 0 fully saturated rings. The molecule has 34 heavy (non-hydrogen) atoms. The van der Waals surface area contributed by atoms with Crippen molar-refractivity contribution in [2.24, 2.45) is 0 Å². The van der Waals surface area contributed by atoms with Crippen LogP contribution in [0, 0.1) is 6.92 Å². The summed E-state index contributed by atoms with van der Waals surface area (Å²) in [6.45, 7) is 2.28. The molecule has 0 bridgehead atoms. The number of pyridine rings is 1. The molecular formula is C23H17BrCl2N6O2. The Morgan fingerprint density at radius 1 is 1.21 bits per heavy atom. The summed E-state index contributed by atoms with van der Waals surface area (Å²) in [7, 11) is 0. The number of anilines is 1. The number of halogens is 3. The minimum absolute atomic E-state index is 0.0265. The van der Waals surface area contributed by atoms with Crippen LogP contribution in [0.2, 0.25) is 10.0 Å². The highest BCUT2D eigenvalue weighted by molar-refractivity contribution is 9.10. The molecule has 0 spiro atoms. The van der Waals surface area contributed by atoms with Gasteiger partial charge in [-0.05, 0) is 58.7 Å². The first kappa shape index (κ1) is 22.6. The molecule has 8 nitrogen and oxygen atoms in total. The molecule has 5 rings (SSSR count). The van der Waals surface area contributed by atoms with E-state index < -0.39 is 0 Å². The number of carbonyl (C=O) groups excluding carboxylic acids is 1. The van der Waals surface area contributed by atoms with E-state index in [4.69, 9.17) is 27.6 Å². The molecule has 0 aliphatic rings. The third-order valence-electron chi connectivity index (χ3n) is 5.21. The molecule has 11 heteroatoms. The van der Waals surface area contributed by atoms with Crippen LogP contribution >= 0.6 is 39.1 Å². The smallest absolute Gasteiger partial charge is 0.247 e. The van der Waals surface area contributed by atoms with E-state index in [1.807, 2.05) is 31.2 Å². The summed E-state index contributed by atoms with van der Waals surface area (Å²) >= 11 is 15.7. The summed E-state index contributed by atoms with van der Waals surface area (Å²) in [6, 6.07) is 10.9. The van der Waals surface area contributed by atoms with Crippen LogP contribution in [-0.2, 0) is 17.9 Å². The molecule has 0 unspecified atom stereocenters. The number of hydrogen-bond acceptors (Lipinski definition) is 5. The summed E-state index contributed by atoms with van der Waals surface area (Å²) in [5, 5.41) is 13.8. The van der Waals surface area contributed by atoms with Crippen molar-refractivity contribution >= 4 is 61.9 Å². The van der Waals surface area contributed by atoms with Crippen molar-refractivity contribution in [2.45, 2.75) is 20.0 Å². The van der Waals surface area contributed by atoms with Gasteiger partial charge in [0.15, 0.2) is 11.5 Å². The first-order chi connectivity index (χ1) is 16.4. The van der Waals surface area contributed by atoms with Gasteiger partial charge in [-0.15, -0.1) is 0 Å². The third kappa shape index (κ3) is 4.46. The number of furan rings is 1. The van der Waals surface area contributed by atoms with Crippen LogP contribution < -0.4 is 5.32 Å². The van der Waals surface area contributed by atoms with Crippen LogP contribution in [-0.4, -0.2) is 30.5 Å². The molecule has 5 aromatic rings. The van der Waals surface area contributed by atoms with E-state index in [-0.39, 0.29) is 12.5 Å². The number of rotatable bonds is 6. The quantitative estimate of drug-likeness (QED) is 0.277. The summed E-state index contributed by atoms with van der Waals surface area (Å²) in [5.41, 5.74) is 3.09. The van der Waals surface area contributed by atoms with Crippen LogP contribution in [0.1, 0.15) is 11.3 Å². The summed E-state index contributed by atoms with van der Waals surface area (Å²) in [5.74, 6) is 0.826. The number of nitrogens with zero attached hydrogens (tertiary/aromatic N) is 5. The van der Waals surface area contributed by atoms with Crippen LogP contribution in [0.3, 0.4) is 0 Å². The van der Waals surface area contributed by atoms with E-state index in [0.717, 1.165) is 28.0 Å². The van der Waals surface area contributed by atoms with E-state index in [2.05, 4.69) is 36.4 Å². The Balaban J connectivity index is 1.35. The van der Waals surface area contributed by atoms with Crippen molar-refractivity contribution in [1.82, 2.24) is 24.5 Å². The van der Waals surface area contributed by atoms with E-state index >= 15 is 0 Å². The minimum atomic E-state index is -0.287.